The predicted molar refractivity (Wildman–Crippen MR) is 98.0 cm³/mol. The minimum atomic E-state index is -0.311. The molecule has 2 amide bonds. The van der Waals surface area contributed by atoms with Crippen LogP contribution in [0.2, 0.25) is 0 Å². The number of aliphatic hydroxyl groups excluding tert-OH is 1. The van der Waals surface area contributed by atoms with Gasteiger partial charge in [-0.05, 0) is 50.7 Å². The van der Waals surface area contributed by atoms with Crippen molar-refractivity contribution in [1.29, 1.82) is 0 Å². The number of hydrogen-bond donors (Lipinski definition) is 2. The van der Waals surface area contributed by atoms with Crippen molar-refractivity contribution >= 4 is 11.8 Å². The minimum absolute atomic E-state index is 0.0201. The summed E-state index contributed by atoms with van der Waals surface area (Å²) >= 11 is 0. The van der Waals surface area contributed by atoms with E-state index < -0.39 is 0 Å². The van der Waals surface area contributed by atoms with Gasteiger partial charge in [-0.15, -0.1) is 0 Å². The van der Waals surface area contributed by atoms with E-state index in [1.54, 1.807) is 24.5 Å². The van der Waals surface area contributed by atoms with Crippen LogP contribution >= 0.6 is 0 Å². The molecule has 27 heavy (non-hydrogen) atoms. The Morgan fingerprint density at radius 2 is 2.22 bits per heavy atom. The number of aromatic nitrogens is 1. The third kappa shape index (κ3) is 3.99. The number of carbonyl (C=O) groups excluding carboxylic acids is 2. The van der Waals surface area contributed by atoms with Gasteiger partial charge in [-0.1, -0.05) is 0 Å². The number of carbonyl (C=O) groups is 2. The molecular weight excluding hydrogens is 346 g/mol. The molecular formula is C20H27N3O4. The maximum absolute atomic E-state index is 12.5. The summed E-state index contributed by atoms with van der Waals surface area (Å²) in [7, 11) is 0. The fraction of sp³-hybridized carbons (Fsp3) is 0.650. The zero-order valence-corrected chi connectivity index (χ0v) is 15.5. The lowest BCUT2D eigenvalue weighted by molar-refractivity contribution is -0.146. The highest BCUT2D eigenvalue weighted by Gasteiger charge is 2.46. The van der Waals surface area contributed by atoms with Gasteiger partial charge in [0.15, 0.2) is 0 Å². The molecule has 0 bridgehead atoms. The molecule has 2 aliphatic heterocycles. The minimum Gasteiger partial charge on any atom is -0.393 e. The van der Waals surface area contributed by atoms with E-state index in [9.17, 15) is 14.7 Å². The molecule has 4 rings (SSSR count). The number of hydrogen-bond acceptors (Lipinski definition) is 5. The summed E-state index contributed by atoms with van der Waals surface area (Å²) in [5.74, 6) is -0.000762. The monoisotopic (exact) mass is 373 g/mol. The van der Waals surface area contributed by atoms with Gasteiger partial charge in [0, 0.05) is 37.9 Å². The van der Waals surface area contributed by atoms with Gasteiger partial charge in [0.25, 0.3) is 5.91 Å². The Labute approximate surface area is 159 Å². The maximum atomic E-state index is 12.5. The van der Waals surface area contributed by atoms with E-state index in [0.717, 1.165) is 32.2 Å². The fourth-order valence-corrected chi connectivity index (χ4v) is 4.45. The summed E-state index contributed by atoms with van der Waals surface area (Å²) in [4.78, 5) is 30.6. The first-order valence-corrected chi connectivity index (χ1v) is 9.88. The molecule has 0 unspecified atom stereocenters. The Morgan fingerprint density at radius 3 is 2.96 bits per heavy atom. The van der Waals surface area contributed by atoms with Crippen LogP contribution in [-0.4, -0.2) is 64.2 Å². The van der Waals surface area contributed by atoms with Crippen LogP contribution in [0.4, 0.5) is 0 Å². The highest BCUT2D eigenvalue weighted by atomic mass is 16.5. The molecule has 2 saturated heterocycles. The van der Waals surface area contributed by atoms with Crippen molar-refractivity contribution in [2.24, 2.45) is 5.92 Å². The second-order valence-corrected chi connectivity index (χ2v) is 8.10. The van der Waals surface area contributed by atoms with Crippen LogP contribution in [0.3, 0.4) is 0 Å². The lowest BCUT2D eigenvalue weighted by Crippen LogP contribution is -2.49. The Bertz CT molecular complexity index is 692. The first-order valence-electron chi connectivity index (χ1n) is 9.88. The Kier molecular flexibility index (Phi) is 5.14. The van der Waals surface area contributed by atoms with E-state index in [-0.39, 0.29) is 35.5 Å². The highest BCUT2D eigenvalue weighted by Crippen LogP contribution is 2.38. The van der Waals surface area contributed by atoms with Crippen molar-refractivity contribution < 1.29 is 19.4 Å². The van der Waals surface area contributed by atoms with Gasteiger partial charge in [0.05, 0.1) is 23.4 Å². The van der Waals surface area contributed by atoms with E-state index in [2.05, 4.69) is 10.3 Å². The average Bonchev–Trinajstić information content (AvgIpc) is 3.07. The molecule has 2 atom stereocenters. The normalized spacial score (nSPS) is 32.9. The van der Waals surface area contributed by atoms with E-state index in [0.29, 0.717) is 31.5 Å². The molecule has 2 N–H and O–H groups in total. The SMILES string of the molecule is O=C(NC[C@H]1CCC[C@]2(CCN(C(=O)C3CC(O)C3)C2)O1)c1cccnc1. The highest BCUT2D eigenvalue weighted by molar-refractivity contribution is 5.93. The first kappa shape index (κ1) is 18.4. The van der Waals surface area contributed by atoms with Gasteiger partial charge < -0.3 is 20.1 Å². The van der Waals surface area contributed by atoms with Crippen LogP contribution in [-0.2, 0) is 9.53 Å². The molecule has 3 heterocycles. The lowest BCUT2D eigenvalue weighted by Gasteiger charge is -2.39. The Hall–Kier alpha value is -1.99. The van der Waals surface area contributed by atoms with Crippen molar-refractivity contribution in [3.8, 4) is 0 Å². The molecule has 7 nitrogen and oxygen atoms in total. The number of rotatable bonds is 4. The molecule has 1 aliphatic carbocycles. The summed E-state index contributed by atoms with van der Waals surface area (Å²) in [5.41, 5.74) is 0.267. The molecule has 1 aromatic heterocycles. The standard InChI is InChI=1S/C20H27N3O4/c24-16-9-15(10-16)19(26)23-8-6-20(13-23)5-1-4-17(27-20)12-22-18(25)14-3-2-7-21-11-14/h2-3,7,11,15-17,24H,1,4-6,8-10,12-13H2,(H,22,25)/t15?,16?,17-,20-/m1/s1. The summed E-state index contributed by atoms with van der Waals surface area (Å²) in [6.45, 7) is 1.82. The number of nitrogens with one attached hydrogen (secondary N) is 1. The van der Waals surface area contributed by atoms with Gasteiger partial charge >= 0.3 is 0 Å². The van der Waals surface area contributed by atoms with Crippen LogP contribution < -0.4 is 5.32 Å². The summed E-state index contributed by atoms with van der Waals surface area (Å²) < 4.78 is 6.38. The molecule has 0 radical (unpaired) electrons. The summed E-state index contributed by atoms with van der Waals surface area (Å²) in [6.07, 6.45) is 7.79. The molecule has 3 aliphatic rings. The van der Waals surface area contributed by atoms with E-state index in [1.807, 2.05) is 4.90 Å². The molecule has 0 aromatic carbocycles. The van der Waals surface area contributed by atoms with Gasteiger partial charge in [-0.3, -0.25) is 14.6 Å². The number of aliphatic hydroxyl groups is 1. The number of amides is 2. The second kappa shape index (κ2) is 7.56. The average molecular weight is 373 g/mol. The third-order valence-corrected chi connectivity index (χ3v) is 6.08. The third-order valence-electron chi connectivity index (χ3n) is 6.08. The van der Waals surface area contributed by atoms with Crippen LogP contribution in [0.15, 0.2) is 24.5 Å². The van der Waals surface area contributed by atoms with Gasteiger partial charge in [-0.25, -0.2) is 0 Å². The zero-order chi connectivity index (χ0) is 18.9. The number of ether oxygens (including phenoxy) is 1. The molecule has 1 saturated carbocycles. The second-order valence-electron chi connectivity index (χ2n) is 8.10. The van der Waals surface area contributed by atoms with Crippen LogP contribution in [0.5, 0.6) is 0 Å². The van der Waals surface area contributed by atoms with Crippen LogP contribution in [0, 0.1) is 5.92 Å². The molecule has 1 spiro atoms. The van der Waals surface area contributed by atoms with Crippen molar-refractivity contribution in [2.45, 2.75) is 56.3 Å². The van der Waals surface area contributed by atoms with Crippen LogP contribution in [0.25, 0.3) is 0 Å². The molecule has 146 valence electrons. The molecule has 7 heteroatoms. The van der Waals surface area contributed by atoms with E-state index >= 15 is 0 Å². The predicted octanol–water partition coefficient (Wildman–Crippen LogP) is 1.12. The van der Waals surface area contributed by atoms with Gasteiger partial charge in [0.1, 0.15) is 0 Å². The fourth-order valence-electron chi connectivity index (χ4n) is 4.45. The summed E-state index contributed by atoms with van der Waals surface area (Å²) in [5, 5.41) is 12.4. The molecule has 3 fully saturated rings. The van der Waals surface area contributed by atoms with Crippen molar-refractivity contribution in [3.05, 3.63) is 30.1 Å². The van der Waals surface area contributed by atoms with Crippen molar-refractivity contribution in [2.75, 3.05) is 19.6 Å². The van der Waals surface area contributed by atoms with Crippen molar-refractivity contribution in [1.82, 2.24) is 15.2 Å². The quantitative estimate of drug-likeness (QED) is 0.825. The zero-order valence-electron chi connectivity index (χ0n) is 15.5. The Balaban J connectivity index is 1.29. The smallest absolute Gasteiger partial charge is 0.252 e. The Morgan fingerprint density at radius 1 is 1.37 bits per heavy atom. The van der Waals surface area contributed by atoms with E-state index in [1.165, 1.54) is 0 Å². The summed E-state index contributed by atoms with van der Waals surface area (Å²) in [6, 6.07) is 3.48. The maximum Gasteiger partial charge on any atom is 0.252 e. The van der Waals surface area contributed by atoms with Crippen molar-refractivity contribution in [3.63, 3.8) is 0 Å². The van der Waals surface area contributed by atoms with Gasteiger partial charge in [0.2, 0.25) is 5.91 Å². The number of likely N-dealkylation sites (tertiary alicyclic amines) is 1. The number of pyridine rings is 1. The topological polar surface area (TPSA) is 91.8 Å². The molecule has 1 aromatic rings. The van der Waals surface area contributed by atoms with Gasteiger partial charge in [-0.2, -0.15) is 0 Å². The first-order chi connectivity index (χ1) is 13.0. The number of nitrogens with zero attached hydrogens (tertiary/aromatic N) is 2. The van der Waals surface area contributed by atoms with E-state index in [4.69, 9.17) is 4.74 Å². The van der Waals surface area contributed by atoms with Crippen LogP contribution in [0.1, 0.15) is 48.9 Å². The largest absolute Gasteiger partial charge is 0.393 e. The lowest BCUT2D eigenvalue weighted by atomic mass is 9.81.